The quantitative estimate of drug-likeness (QED) is 0.498. The van der Waals surface area contributed by atoms with E-state index in [0.717, 1.165) is 6.26 Å². The van der Waals surface area contributed by atoms with Crippen LogP contribution in [-0.2, 0) is 13.6 Å². The summed E-state index contributed by atoms with van der Waals surface area (Å²) in [6.45, 7) is 5.16. The van der Waals surface area contributed by atoms with Gasteiger partial charge in [-0.2, -0.15) is 0 Å². The van der Waals surface area contributed by atoms with Gasteiger partial charge >= 0.3 is 7.82 Å². The molecule has 0 saturated heterocycles. The zero-order valence-electron chi connectivity index (χ0n) is 5.82. The number of phosphoric ester groups is 1. The van der Waals surface area contributed by atoms with Crippen LogP contribution in [0.2, 0.25) is 0 Å². The van der Waals surface area contributed by atoms with Crippen molar-refractivity contribution in [2.75, 3.05) is 6.61 Å². The van der Waals surface area contributed by atoms with Crippen molar-refractivity contribution < 1.29 is 18.5 Å². The molecule has 0 rings (SSSR count). The van der Waals surface area contributed by atoms with Crippen LogP contribution in [0.25, 0.3) is 0 Å². The van der Waals surface area contributed by atoms with Gasteiger partial charge < -0.3 is 4.52 Å². The summed E-state index contributed by atoms with van der Waals surface area (Å²) in [5, 5.41) is 0. The third kappa shape index (κ3) is 4.56. The molecule has 0 saturated carbocycles. The van der Waals surface area contributed by atoms with E-state index in [4.69, 9.17) is 4.89 Å². The second-order valence-corrected chi connectivity index (χ2v) is 2.98. The first-order valence-corrected chi connectivity index (χ1v) is 4.38. The molecule has 1 N–H and O–H groups in total. The fraction of sp³-hybridized carbons (Fsp3) is 0.600. The Morgan fingerprint density at radius 1 is 1.80 bits per heavy atom. The van der Waals surface area contributed by atoms with E-state index in [1.165, 1.54) is 0 Å². The lowest BCUT2D eigenvalue weighted by molar-refractivity contribution is 0.188. The minimum atomic E-state index is -3.83. The number of hydrogen-bond acceptors (Lipinski definition) is 3. The van der Waals surface area contributed by atoms with Crippen molar-refractivity contribution >= 4 is 7.82 Å². The average molecular weight is 166 g/mol. The summed E-state index contributed by atoms with van der Waals surface area (Å²) in [4.78, 5) is 8.69. The molecule has 0 aliphatic carbocycles. The van der Waals surface area contributed by atoms with Gasteiger partial charge in [0, 0.05) is 0 Å². The first-order valence-electron chi connectivity index (χ1n) is 2.89. The fourth-order valence-electron chi connectivity index (χ4n) is 0.331. The van der Waals surface area contributed by atoms with Crippen LogP contribution in [0.5, 0.6) is 0 Å². The summed E-state index contributed by atoms with van der Waals surface area (Å²) in [7, 11) is -3.83. The molecule has 0 heterocycles. The lowest BCUT2D eigenvalue weighted by Gasteiger charge is -2.07. The summed E-state index contributed by atoms with van der Waals surface area (Å²) in [5.41, 5.74) is 0. The lowest BCUT2D eigenvalue weighted by Crippen LogP contribution is -1.91. The summed E-state index contributed by atoms with van der Waals surface area (Å²) < 4.78 is 19.2. The molecule has 5 heteroatoms. The lowest BCUT2D eigenvalue weighted by atomic mass is 10.5. The highest BCUT2D eigenvalue weighted by Crippen LogP contribution is 2.43. The molecular formula is C5H11O4P. The van der Waals surface area contributed by atoms with Crippen molar-refractivity contribution in [2.45, 2.75) is 13.3 Å². The maximum atomic E-state index is 10.6. The van der Waals surface area contributed by atoms with Crippen molar-refractivity contribution in [3.8, 4) is 0 Å². The predicted octanol–water partition coefficient (Wildman–Crippen LogP) is 1.67. The molecule has 0 aliphatic heterocycles. The molecular weight excluding hydrogens is 155 g/mol. The molecule has 0 aliphatic rings. The Morgan fingerprint density at radius 2 is 2.40 bits per heavy atom. The standard InChI is InChI=1S/C5H11O4P/c1-3-5-9-10(6,7)8-4-2/h4H,2-3,5H2,1H3,(H,6,7). The molecule has 0 spiro atoms. The SMILES string of the molecule is C=COP(=O)(O)OCCC. The molecule has 0 radical (unpaired) electrons. The first kappa shape index (κ1) is 9.69. The van der Waals surface area contributed by atoms with E-state index in [1.807, 2.05) is 6.92 Å². The second-order valence-electron chi connectivity index (χ2n) is 1.57. The van der Waals surface area contributed by atoms with Crippen LogP contribution in [0.15, 0.2) is 12.8 Å². The van der Waals surface area contributed by atoms with E-state index in [9.17, 15) is 4.57 Å². The summed E-state index contributed by atoms with van der Waals surface area (Å²) in [5.74, 6) is 0. The van der Waals surface area contributed by atoms with Crippen LogP contribution in [0, 0.1) is 0 Å². The van der Waals surface area contributed by atoms with E-state index in [1.54, 1.807) is 0 Å². The van der Waals surface area contributed by atoms with Crippen LogP contribution in [0.4, 0.5) is 0 Å². The Kier molecular flexibility index (Phi) is 4.36. The molecule has 60 valence electrons. The van der Waals surface area contributed by atoms with Crippen LogP contribution < -0.4 is 0 Å². The predicted molar refractivity (Wildman–Crippen MR) is 37.4 cm³/mol. The van der Waals surface area contributed by atoms with Gasteiger partial charge in [0.25, 0.3) is 0 Å². The van der Waals surface area contributed by atoms with Crippen LogP contribution >= 0.6 is 7.82 Å². The minimum Gasteiger partial charge on any atom is -0.413 e. The van der Waals surface area contributed by atoms with Crippen LogP contribution in [0.3, 0.4) is 0 Å². The molecule has 0 aromatic heterocycles. The molecule has 10 heavy (non-hydrogen) atoms. The van der Waals surface area contributed by atoms with Crippen LogP contribution in [0.1, 0.15) is 13.3 Å². The highest BCUT2D eigenvalue weighted by atomic mass is 31.2. The van der Waals surface area contributed by atoms with Gasteiger partial charge in [-0.15, -0.1) is 0 Å². The third-order valence-corrected chi connectivity index (χ3v) is 1.59. The molecule has 1 atom stereocenters. The Balaban J connectivity index is 3.63. The van der Waals surface area contributed by atoms with Gasteiger partial charge in [-0.1, -0.05) is 13.5 Å². The number of rotatable bonds is 5. The molecule has 1 unspecified atom stereocenters. The third-order valence-electron chi connectivity index (χ3n) is 0.666. The molecule has 0 amide bonds. The zero-order chi connectivity index (χ0) is 8.04. The Labute approximate surface area is 60.1 Å². The van der Waals surface area contributed by atoms with Crippen molar-refractivity contribution in [1.82, 2.24) is 0 Å². The van der Waals surface area contributed by atoms with Gasteiger partial charge in [0.05, 0.1) is 12.9 Å². The molecule has 4 nitrogen and oxygen atoms in total. The van der Waals surface area contributed by atoms with Crippen molar-refractivity contribution in [3.63, 3.8) is 0 Å². The smallest absolute Gasteiger partial charge is 0.413 e. The minimum absolute atomic E-state index is 0.210. The van der Waals surface area contributed by atoms with E-state index in [0.29, 0.717) is 6.42 Å². The average Bonchev–Trinajstić information content (AvgIpc) is 1.84. The highest BCUT2D eigenvalue weighted by molar-refractivity contribution is 7.47. The Hall–Kier alpha value is -0.310. The van der Waals surface area contributed by atoms with Gasteiger partial charge in [0.1, 0.15) is 0 Å². The molecule has 0 bridgehead atoms. The fourth-order valence-corrected chi connectivity index (χ4v) is 0.994. The maximum absolute atomic E-state index is 10.6. The monoisotopic (exact) mass is 166 g/mol. The molecule has 0 aromatic rings. The van der Waals surface area contributed by atoms with E-state index in [2.05, 4.69) is 15.6 Å². The topological polar surface area (TPSA) is 55.8 Å². The van der Waals surface area contributed by atoms with Gasteiger partial charge in [-0.3, -0.25) is 9.42 Å². The van der Waals surface area contributed by atoms with E-state index < -0.39 is 7.82 Å². The highest BCUT2D eigenvalue weighted by Gasteiger charge is 2.18. The first-order chi connectivity index (χ1) is 4.62. The largest absolute Gasteiger partial charge is 0.526 e. The maximum Gasteiger partial charge on any atom is 0.526 e. The van der Waals surface area contributed by atoms with Crippen molar-refractivity contribution in [2.24, 2.45) is 0 Å². The zero-order valence-corrected chi connectivity index (χ0v) is 6.71. The number of hydrogen-bond donors (Lipinski definition) is 1. The summed E-state index contributed by atoms with van der Waals surface area (Å²) in [6, 6.07) is 0. The van der Waals surface area contributed by atoms with Gasteiger partial charge in [0.15, 0.2) is 0 Å². The van der Waals surface area contributed by atoms with Gasteiger partial charge in [0.2, 0.25) is 0 Å². The second kappa shape index (κ2) is 4.50. The normalized spacial score (nSPS) is 15.8. The van der Waals surface area contributed by atoms with E-state index in [-0.39, 0.29) is 6.61 Å². The summed E-state index contributed by atoms with van der Waals surface area (Å²) in [6.07, 6.45) is 1.56. The van der Waals surface area contributed by atoms with E-state index >= 15 is 0 Å². The molecule has 0 aromatic carbocycles. The number of phosphoric acid groups is 1. The van der Waals surface area contributed by atoms with Crippen LogP contribution in [-0.4, -0.2) is 11.5 Å². The molecule has 0 fully saturated rings. The Morgan fingerprint density at radius 3 is 2.80 bits per heavy atom. The van der Waals surface area contributed by atoms with Crippen molar-refractivity contribution in [3.05, 3.63) is 12.8 Å². The van der Waals surface area contributed by atoms with Gasteiger partial charge in [-0.25, -0.2) is 4.57 Å². The summed E-state index contributed by atoms with van der Waals surface area (Å²) >= 11 is 0. The van der Waals surface area contributed by atoms with Crippen molar-refractivity contribution in [1.29, 1.82) is 0 Å². The Bertz CT molecular complexity index is 145. The van der Waals surface area contributed by atoms with Gasteiger partial charge in [-0.05, 0) is 6.42 Å².